The van der Waals surface area contributed by atoms with Gasteiger partial charge in [-0.1, -0.05) is 170 Å². The predicted molar refractivity (Wildman–Crippen MR) is 241 cm³/mol. The second-order valence-electron chi connectivity index (χ2n) is 14.8. The van der Waals surface area contributed by atoms with Gasteiger partial charge in [-0.05, 0) is 117 Å². The summed E-state index contributed by atoms with van der Waals surface area (Å²) in [7, 11) is 0. The van der Waals surface area contributed by atoms with E-state index in [0.717, 1.165) is 0 Å². The SMILES string of the molecule is c1cc(-c2ccc3c4ccccc4c4c5cc6ccccc6cc5sc4c3c2)cc(-c2c3ccccc3c(-c3cccc4ccccc34)c3ccccc23)c1. The summed E-state index contributed by atoms with van der Waals surface area (Å²) in [6.45, 7) is 0. The van der Waals surface area contributed by atoms with Gasteiger partial charge in [0.15, 0.2) is 0 Å². The molecule has 0 fully saturated rings. The van der Waals surface area contributed by atoms with Gasteiger partial charge in [0.1, 0.15) is 0 Å². The molecule has 1 heteroatoms. The van der Waals surface area contributed by atoms with Crippen molar-refractivity contribution in [3.8, 4) is 33.4 Å². The summed E-state index contributed by atoms with van der Waals surface area (Å²) < 4.78 is 2.70. The van der Waals surface area contributed by atoms with Gasteiger partial charge in [-0.2, -0.15) is 0 Å². The van der Waals surface area contributed by atoms with Crippen LogP contribution in [0.25, 0.3) is 118 Å². The lowest BCUT2D eigenvalue weighted by Gasteiger charge is -2.19. The summed E-state index contributed by atoms with van der Waals surface area (Å²) in [5, 5.41) is 18.2. The number of fused-ring (bicyclic) bond motifs is 12. The van der Waals surface area contributed by atoms with Gasteiger partial charge in [0.2, 0.25) is 0 Å². The van der Waals surface area contributed by atoms with E-state index in [-0.39, 0.29) is 0 Å². The van der Waals surface area contributed by atoms with Crippen LogP contribution in [0.5, 0.6) is 0 Å². The van der Waals surface area contributed by atoms with E-state index in [4.69, 9.17) is 0 Å². The van der Waals surface area contributed by atoms with E-state index in [9.17, 15) is 0 Å². The maximum absolute atomic E-state index is 2.44. The monoisotopic (exact) mass is 712 g/mol. The van der Waals surface area contributed by atoms with E-state index in [2.05, 4.69) is 194 Å². The van der Waals surface area contributed by atoms with Gasteiger partial charge in [0.05, 0.1) is 0 Å². The highest BCUT2D eigenvalue weighted by Gasteiger charge is 2.19. The smallest absolute Gasteiger partial charge is 0.0440 e. The van der Waals surface area contributed by atoms with Gasteiger partial charge in [-0.3, -0.25) is 0 Å². The minimum atomic E-state index is 1.22. The fraction of sp³-hybridized carbons (Fsp3) is 0. The Kier molecular flexibility index (Phi) is 6.60. The molecule has 0 bridgehead atoms. The van der Waals surface area contributed by atoms with Crippen LogP contribution in [-0.2, 0) is 0 Å². The van der Waals surface area contributed by atoms with Crippen LogP contribution in [-0.4, -0.2) is 0 Å². The third-order valence-electron chi connectivity index (χ3n) is 11.8. The molecule has 0 N–H and O–H groups in total. The first-order chi connectivity index (χ1) is 27.3. The molecule has 0 aliphatic carbocycles. The summed E-state index contributed by atoms with van der Waals surface area (Å²) in [5.41, 5.74) is 7.53. The molecular formula is C54H32S. The Balaban J connectivity index is 1.10. The molecule has 0 radical (unpaired) electrons. The van der Waals surface area contributed by atoms with Crippen molar-refractivity contribution >= 4 is 96.1 Å². The molecule has 0 amide bonds. The quantitative estimate of drug-likeness (QED) is 0.126. The minimum absolute atomic E-state index is 1.22. The van der Waals surface area contributed by atoms with Crippen LogP contribution in [0, 0.1) is 0 Å². The first-order valence-electron chi connectivity index (χ1n) is 19.0. The van der Waals surface area contributed by atoms with Crippen LogP contribution in [0.2, 0.25) is 0 Å². The number of benzene rings is 11. The average Bonchev–Trinajstić information content (AvgIpc) is 3.63. The normalized spacial score (nSPS) is 12.0. The highest BCUT2D eigenvalue weighted by molar-refractivity contribution is 7.27. The molecule has 55 heavy (non-hydrogen) atoms. The Morgan fingerprint density at radius 3 is 1.55 bits per heavy atom. The van der Waals surface area contributed by atoms with Gasteiger partial charge < -0.3 is 0 Å². The van der Waals surface area contributed by atoms with Crippen molar-refractivity contribution in [3.63, 3.8) is 0 Å². The summed E-state index contributed by atoms with van der Waals surface area (Å²) in [5.74, 6) is 0. The van der Waals surface area contributed by atoms with Crippen LogP contribution < -0.4 is 0 Å². The number of hydrogen-bond acceptors (Lipinski definition) is 1. The standard InChI is InChI=1S/C54H32S/c1-2-15-36-32-50-49(31-35(36)14-1)53-43-21-6-5-20-40(43)41-28-27-37(30-48(41)54(53)55-50)34-17-11-18-38(29-34)51-44-22-7-9-24-46(44)52(47-25-10-8-23-45(47)51)42-26-12-16-33-13-3-4-19-39(33)42/h1-32H. The molecule has 0 atom stereocenters. The van der Waals surface area contributed by atoms with Gasteiger partial charge in [0.25, 0.3) is 0 Å². The van der Waals surface area contributed by atoms with E-state index < -0.39 is 0 Å². The van der Waals surface area contributed by atoms with Crippen LogP contribution in [0.4, 0.5) is 0 Å². The lowest BCUT2D eigenvalue weighted by Crippen LogP contribution is -1.92. The van der Waals surface area contributed by atoms with E-state index in [1.165, 1.54) is 118 Å². The van der Waals surface area contributed by atoms with Crippen molar-refractivity contribution in [2.75, 3.05) is 0 Å². The zero-order valence-corrected chi connectivity index (χ0v) is 30.7. The zero-order valence-electron chi connectivity index (χ0n) is 29.9. The Morgan fingerprint density at radius 1 is 0.273 bits per heavy atom. The third kappa shape index (κ3) is 4.57. The average molecular weight is 713 g/mol. The van der Waals surface area contributed by atoms with E-state index in [1.807, 2.05) is 11.3 Å². The molecule has 0 aliphatic heterocycles. The first kappa shape index (κ1) is 30.6. The topological polar surface area (TPSA) is 0 Å². The molecule has 1 heterocycles. The van der Waals surface area contributed by atoms with Gasteiger partial charge in [0, 0.05) is 25.6 Å². The molecule has 0 saturated heterocycles. The Bertz CT molecular complexity index is 3490. The maximum atomic E-state index is 2.44. The van der Waals surface area contributed by atoms with Crippen molar-refractivity contribution in [3.05, 3.63) is 194 Å². The first-order valence-corrected chi connectivity index (χ1v) is 19.8. The van der Waals surface area contributed by atoms with E-state index >= 15 is 0 Å². The fourth-order valence-electron chi connectivity index (χ4n) is 9.35. The Morgan fingerprint density at radius 2 is 0.800 bits per heavy atom. The summed E-state index contributed by atoms with van der Waals surface area (Å²) >= 11 is 1.93. The summed E-state index contributed by atoms with van der Waals surface area (Å²) in [6.07, 6.45) is 0. The van der Waals surface area contributed by atoms with Crippen LogP contribution in [0.15, 0.2) is 194 Å². The molecule has 0 saturated carbocycles. The number of hydrogen-bond donors (Lipinski definition) is 0. The van der Waals surface area contributed by atoms with Gasteiger partial charge in [-0.15, -0.1) is 11.3 Å². The van der Waals surface area contributed by atoms with Crippen molar-refractivity contribution < 1.29 is 0 Å². The highest BCUT2D eigenvalue weighted by Crippen LogP contribution is 2.48. The molecular weight excluding hydrogens is 681 g/mol. The molecule has 0 nitrogen and oxygen atoms in total. The van der Waals surface area contributed by atoms with E-state index in [0.29, 0.717) is 0 Å². The van der Waals surface area contributed by atoms with Crippen LogP contribution >= 0.6 is 11.3 Å². The fourth-order valence-corrected chi connectivity index (χ4v) is 10.6. The van der Waals surface area contributed by atoms with Crippen LogP contribution in [0.1, 0.15) is 0 Å². The Labute approximate surface area is 322 Å². The van der Waals surface area contributed by atoms with Crippen molar-refractivity contribution in [2.45, 2.75) is 0 Å². The predicted octanol–water partition coefficient (Wildman–Crippen LogP) is 16.0. The summed E-state index contributed by atoms with van der Waals surface area (Å²) in [4.78, 5) is 0. The molecule has 0 aliphatic rings. The van der Waals surface area contributed by atoms with Crippen molar-refractivity contribution in [1.29, 1.82) is 0 Å². The largest absolute Gasteiger partial charge is 0.134 e. The zero-order chi connectivity index (χ0) is 36.0. The van der Waals surface area contributed by atoms with E-state index in [1.54, 1.807) is 0 Å². The molecule has 0 spiro atoms. The molecule has 12 rings (SSSR count). The number of thiophene rings is 1. The van der Waals surface area contributed by atoms with Gasteiger partial charge in [-0.25, -0.2) is 0 Å². The lowest BCUT2D eigenvalue weighted by atomic mass is 9.84. The minimum Gasteiger partial charge on any atom is -0.134 e. The molecule has 1 aromatic heterocycles. The molecule has 254 valence electrons. The van der Waals surface area contributed by atoms with Crippen LogP contribution in [0.3, 0.4) is 0 Å². The van der Waals surface area contributed by atoms with Crippen molar-refractivity contribution in [2.24, 2.45) is 0 Å². The van der Waals surface area contributed by atoms with Gasteiger partial charge >= 0.3 is 0 Å². The Hall–Kier alpha value is -6.80. The van der Waals surface area contributed by atoms with Crippen molar-refractivity contribution in [1.82, 2.24) is 0 Å². The molecule has 0 unspecified atom stereocenters. The maximum Gasteiger partial charge on any atom is 0.0440 e. The molecule has 12 aromatic rings. The third-order valence-corrected chi connectivity index (χ3v) is 13.0. The second-order valence-corrected chi connectivity index (χ2v) is 15.8. The highest BCUT2D eigenvalue weighted by atomic mass is 32.1. The summed E-state index contributed by atoms with van der Waals surface area (Å²) in [6, 6.07) is 72.2. The molecule has 11 aromatic carbocycles. The lowest BCUT2D eigenvalue weighted by molar-refractivity contribution is 1.63. The number of rotatable bonds is 3. The second kappa shape index (κ2) is 11.9.